The van der Waals surface area contributed by atoms with Crippen molar-refractivity contribution in [1.29, 1.82) is 0 Å². The Bertz CT molecular complexity index is 875. The molecule has 0 spiro atoms. The van der Waals surface area contributed by atoms with Crippen LogP contribution in [0.5, 0.6) is 0 Å². The summed E-state index contributed by atoms with van der Waals surface area (Å²) in [5.41, 5.74) is 6.24. The molecule has 3 aromatic rings. The maximum Gasteiger partial charge on any atom is 0.335 e. The fourth-order valence-corrected chi connectivity index (χ4v) is 2.98. The summed E-state index contributed by atoms with van der Waals surface area (Å²) in [6, 6.07) is 13.8. The van der Waals surface area contributed by atoms with Crippen molar-refractivity contribution in [2.24, 2.45) is 0 Å². The highest BCUT2D eigenvalue weighted by Gasteiger charge is 2.13. The number of fused-ring (bicyclic) bond motifs is 1. The van der Waals surface area contributed by atoms with Gasteiger partial charge in [0.05, 0.1) is 5.56 Å². The molecule has 0 aliphatic heterocycles. The Morgan fingerprint density at radius 2 is 1.86 bits per heavy atom. The third-order valence-electron chi connectivity index (χ3n) is 4.31. The van der Waals surface area contributed by atoms with E-state index in [0.717, 1.165) is 23.0 Å². The Hall–Kier alpha value is -2.55. The third-order valence-corrected chi connectivity index (χ3v) is 4.31. The lowest BCUT2D eigenvalue weighted by Crippen LogP contribution is -2.02. The van der Waals surface area contributed by atoms with E-state index in [4.69, 9.17) is 0 Å². The van der Waals surface area contributed by atoms with Crippen LogP contribution in [0.1, 0.15) is 32.7 Å². The second-order valence-corrected chi connectivity index (χ2v) is 5.82. The maximum atomic E-state index is 11.2. The van der Waals surface area contributed by atoms with E-state index in [2.05, 4.69) is 49.6 Å². The van der Waals surface area contributed by atoms with Crippen LogP contribution in [-0.2, 0) is 6.54 Å². The average Bonchev–Trinajstić information content (AvgIpc) is 2.72. The third kappa shape index (κ3) is 2.39. The highest BCUT2D eigenvalue weighted by atomic mass is 16.4. The van der Waals surface area contributed by atoms with E-state index < -0.39 is 5.97 Å². The zero-order chi connectivity index (χ0) is 15.9. The first-order valence-corrected chi connectivity index (χ1v) is 7.35. The fourth-order valence-electron chi connectivity index (χ4n) is 2.98. The lowest BCUT2D eigenvalue weighted by Gasteiger charge is -2.09. The molecular weight excluding hydrogens is 274 g/mol. The molecule has 1 heterocycles. The Morgan fingerprint density at radius 1 is 1.09 bits per heavy atom. The summed E-state index contributed by atoms with van der Waals surface area (Å²) in [5.74, 6) is -0.884. The van der Waals surface area contributed by atoms with Gasteiger partial charge in [-0.05, 0) is 50.1 Å². The van der Waals surface area contributed by atoms with Gasteiger partial charge < -0.3 is 9.67 Å². The molecule has 0 radical (unpaired) electrons. The highest BCUT2D eigenvalue weighted by molar-refractivity contribution is 5.95. The van der Waals surface area contributed by atoms with E-state index in [1.54, 1.807) is 12.1 Å². The molecule has 0 amide bonds. The summed E-state index contributed by atoms with van der Waals surface area (Å²) < 4.78 is 2.26. The summed E-state index contributed by atoms with van der Waals surface area (Å²) >= 11 is 0. The van der Waals surface area contributed by atoms with Crippen molar-refractivity contribution in [3.8, 4) is 0 Å². The number of carbonyl (C=O) groups is 1. The molecule has 0 unspecified atom stereocenters. The van der Waals surface area contributed by atoms with Crippen LogP contribution in [0.4, 0.5) is 0 Å². The molecule has 1 aromatic heterocycles. The summed E-state index contributed by atoms with van der Waals surface area (Å²) in [6.45, 7) is 7.03. The Morgan fingerprint density at radius 3 is 2.55 bits per heavy atom. The zero-order valence-corrected chi connectivity index (χ0v) is 13.1. The number of benzene rings is 2. The molecule has 0 saturated carbocycles. The van der Waals surface area contributed by atoms with Crippen LogP contribution in [0.2, 0.25) is 0 Å². The average molecular weight is 293 g/mol. The zero-order valence-electron chi connectivity index (χ0n) is 13.1. The number of nitrogens with zero attached hydrogens (tertiary/aromatic N) is 1. The van der Waals surface area contributed by atoms with Crippen LogP contribution in [0, 0.1) is 20.8 Å². The van der Waals surface area contributed by atoms with Crippen molar-refractivity contribution >= 4 is 16.9 Å². The van der Waals surface area contributed by atoms with E-state index in [9.17, 15) is 9.90 Å². The predicted octanol–water partition coefficient (Wildman–Crippen LogP) is 4.31. The molecule has 3 rings (SSSR count). The van der Waals surface area contributed by atoms with Crippen molar-refractivity contribution in [3.63, 3.8) is 0 Å². The monoisotopic (exact) mass is 293 g/mol. The van der Waals surface area contributed by atoms with Gasteiger partial charge in [0.2, 0.25) is 0 Å². The van der Waals surface area contributed by atoms with Crippen molar-refractivity contribution in [2.75, 3.05) is 0 Å². The minimum atomic E-state index is -0.884. The van der Waals surface area contributed by atoms with Crippen molar-refractivity contribution in [1.82, 2.24) is 4.57 Å². The fraction of sp³-hybridized carbons (Fsp3) is 0.211. The van der Waals surface area contributed by atoms with E-state index in [1.165, 1.54) is 16.8 Å². The molecule has 0 aliphatic carbocycles. The standard InChI is InChI=1S/C19H19NO2/c1-12-5-4-6-15(9-12)11-20-14(3)13(2)17-10-16(19(21)22)7-8-18(17)20/h4-10H,11H2,1-3H3,(H,21,22). The van der Waals surface area contributed by atoms with Gasteiger partial charge >= 0.3 is 5.97 Å². The smallest absolute Gasteiger partial charge is 0.335 e. The number of aromatic nitrogens is 1. The molecule has 0 fully saturated rings. The summed E-state index contributed by atoms with van der Waals surface area (Å²) in [5, 5.41) is 10.2. The number of rotatable bonds is 3. The first-order valence-electron chi connectivity index (χ1n) is 7.35. The van der Waals surface area contributed by atoms with Crippen molar-refractivity contribution < 1.29 is 9.90 Å². The summed E-state index contributed by atoms with van der Waals surface area (Å²) in [6.07, 6.45) is 0. The van der Waals surface area contributed by atoms with E-state index in [-0.39, 0.29) is 0 Å². The molecular formula is C19H19NO2. The van der Waals surface area contributed by atoms with Crippen LogP contribution >= 0.6 is 0 Å². The van der Waals surface area contributed by atoms with Crippen molar-refractivity contribution in [2.45, 2.75) is 27.3 Å². The van der Waals surface area contributed by atoms with Gasteiger partial charge in [-0.3, -0.25) is 0 Å². The van der Waals surface area contributed by atoms with Gasteiger partial charge in [0.1, 0.15) is 0 Å². The van der Waals surface area contributed by atoms with Gasteiger partial charge in [0, 0.05) is 23.1 Å². The van der Waals surface area contributed by atoms with E-state index in [1.807, 2.05) is 6.07 Å². The normalized spacial score (nSPS) is 11.0. The number of hydrogen-bond acceptors (Lipinski definition) is 1. The van der Waals surface area contributed by atoms with Gasteiger partial charge in [-0.25, -0.2) is 4.79 Å². The van der Waals surface area contributed by atoms with E-state index in [0.29, 0.717) is 5.56 Å². The molecule has 2 aromatic carbocycles. The summed E-state index contributed by atoms with van der Waals surface area (Å²) in [4.78, 5) is 11.2. The quantitative estimate of drug-likeness (QED) is 0.781. The molecule has 3 nitrogen and oxygen atoms in total. The van der Waals surface area contributed by atoms with Crippen LogP contribution in [0.15, 0.2) is 42.5 Å². The van der Waals surface area contributed by atoms with Gasteiger partial charge in [-0.2, -0.15) is 0 Å². The molecule has 1 N–H and O–H groups in total. The maximum absolute atomic E-state index is 11.2. The molecule has 22 heavy (non-hydrogen) atoms. The highest BCUT2D eigenvalue weighted by Crippen LogP contribution is 2.27. The first kappa shape index (κ1) is 14.4. The second kappa shape index (κ2) is 5.34. The Balaban J connectivity index is 2.13. The minimum Gasteiger partial charge on any atom is -0.478 e. The predicted molar refractivity (Wildman–Crippen MR) is 88.7 cm³/mol. The van der Waals surface area contributed by atoms with Gasteiger partial charge in [0.25, 0.3) is 0 Å². The van der Waals surface area contributed by atoms with Gasteiger partial charge in [-0.15, -0.1) is 0 Å². The molecule has 0 saturated heterocycles. The SMILES string of the molecule is Cc1cccc(Cn2c(C)c(C)c3cc(C(=O)O)ccc32)c1. The number of aromatic carboxylic acids is 1. The molecule has 0 bridgehead atoms. The largest absolute Gasteiger partial charge is 0.478 e. The molecule has 0 atom stereocenters. The molecule has 0 aliphatic rings. The number of aryl methyl sites for hydroxylation is 2. The lowest BCUT2D eigenvalue weighted by molar-refractivity contribution is 0.0697. The van der Waals surface area contributed by atoms with Crippen LogP contribution in [-0.4, -0.2) is 15.6 Å². The number of carboxylic acid groups (broad SMARTS) is 1. The topological polar surface area (TPSA) is 42.2 Å². The first-order chi connectivity index (χ1) is 10.5. The van der Waals surface area contributed by atoms with Gasteiger partial charge in [-0.1, -0.05) is 29.8 Å². The van der Waals surface area contributed by atoms with Crippen LogP contribution < -0.4 is 0 Å². The summed E-state index contributed by atoms with van der Waals surface area (Å²) in [7, 11) is 0. The number of carboxylic acids is 1. The Labute approximate surface area is 129 Å². The van der Waals surface area contributed by atoms with Crippen LogP contribution in [0.3, 0.4) is 0 Å². The lowest BCUT2D eigenvalue weighted by atomic mass is 10.1. The van der Waals surface area contributed by atoms with Crippen molar-refractivity contribution in [3.05, 3.63) is 70.4 Å². The minimum absolute atomic E-state index is 0.336. The number of hydrogen-bond donors (Lipinski definition) is 1. The Kier molecular flexibility index (Phi) is 3.49. The van der Waals surface area contributed by atoms with E-state index >= 15 is 0 Å². The molecule has 3 heteroatoms. The van der Waals surface area contributed by atoms with Crippen LogP contribution in [0.25, 0.3) is 10.9 Å². The second-order valence-electron chi connectivity index (χ2n) is 5.82. The molecule has 112 valence electrons. The van der Waals surface area contributed by atoms with Gasteiger partial charge in [0.15, 0.2) is 0 Å².